The Labute approximate surface area is 144 Å². The first-order chi connectivity index (χ1) is 11.6. The van der Waals surface area contributed by atoms with E-state index in [4.69, 9.17) is 4.74 Å². The second kappa shape index (κ2) is 7.09. The minimum Gasteiger partial charge on any atom is -0.465 e. The van der Waals surface area contributed by atoms with Crippen LogP contribution >= 0.6 is 11.8 Å². The summed E-state index contributed by atoms with van der Waals surface area (Å²) in [7, 11) is 0. The third-order valence-electron chi connectivity index (χ3n) is 3.76. The van der Waals surface area contributed by atoms with Crippen molar-refractivity contribution in [2.45, 2.75) is 25.6 Å². The summed E-state index contributed by atoms with van der Waals surface area (Å²) in [5, 5.41) is 7.34. The lowest BCUT2D eigenvalue weighted by Gasteiger charge is -2.15. The van der Waals surface area contributed by atoms with E-state index in [9.17, 15) is 9.59 Å². The predicted molar refractivity (Wildman–Crippen MR) is 93.0 cm³/mol. The zero-order valence-electron chi connectivity index (χ0n) is 13.6. The number of nitrogens with zero attached hydrogens (tertiary/aromatic N) is 2. The van der Waals surface area contributed by atoms with Crippen molar-refractivity contribution in [2.75, 3.05) is 17.7 Å². The Bertz CT molecular complexity index is 758. The van der Waals surface area contributed by atoms with Gasteiger partial charge in [-0.25, -0.2) is 4.68 Å². The van der Waals surface area contributed by atoms with Crippen molar-refractivity contribution < 1.29 is 14.3 Å². The molecule has 126 valence electrons. The number of hydrogen-bond donors (Lipinski definition) is 1. The molecule has 2 aromatic rings. The zero-order valence-corrected chi connectivity index (χ0v) is 14.4. The third kappa shape index (κ3) is 3.31. The number of rotatable bonds is 4. The van der Waals surface area contributed by atoms with Gasteiger partial charge in [-0.1, -0.05) is 30.3 Å². The minimum atomic E-state index is -0.370. The Hall–Kier alpha value is -2.28. The van der Waals surface area contributed by atoms with Gasteiger partial charge in [-0.3, -0.25) is 9.59 Å². The first kappa shape index (κ1) is 16.6. The van der Waals surface area contributed by atoms with Gasteiger partial charge in [0.05, 0.1) is 23.3 Å². The van der Waals surface area contributed by atoms with Gasteiger partial charge < -0.3 is 10.1 Å². The molecular formula is C17H19N3O3S. The Morgan fingerprint density at radius 1 is 1.42 bits per heavy atom. The lowest BCUT2D eigenvalue weighted by molar-refractivity contribution is -0.144. The molecule has 1 aliphatic heterocycles. The molecular weight excluding hydrogens is 326 g/mol. The van der Waals surface area contributed by atoms with Crippen molar-refractivity contribution in [1.82, 2.24) is 9.78 Å². The highest BCUT2D eigenvalue weighted by Crippen LogP contribution is 2.42. The molecule has 1 aromatic heterocycles. The van der Waals surface area contributed by atoms with E-state index in [1.807, 2.05) is 37.3 Å². The van der Waals surface area contributed by atoms with Crippen molar-refractivity contribution in [3.8, 4) is 0 Å². The molecule has 0 radical (unpaired) electrons. The van der Waals surface area contributed by atoms with E-state index in [1.54, 1.807) is 18.7 Å². The molecule has 0 unspecified atom stereocenters. The fourth-order valence-corrected chi connectivity index (χ4v) is 3.97. The highest BCUT2D eigenvalue weighted by Gasteiger charge is 2.30. The molecule has 0 spiro atoms. The fourth-order valence-electron chi connectivity index (χ4n) is 2.79. The number of amides is 1. The maximum Gasteiger partial charge on any atom is 0.327 e. The molecule has 1 N–H and O–H groups in total. The second-order valence-electron chi connectivity index (χ2n) is 5.46. The van der Waals surface area contributed by atoms with Crippen molar-refractivity contribution >= 4 is 29.5 Å². The summed E-state index contributed by atoms with van der Waals surface area (Å²) >= 11 is 1.56. The van der Waals surface area contributed by atoms with Crippen LogP contribution in [0.4, 0.5) is 5.82 Å². The van der Waals surface area contributed by atoms with E-state index in [2.05, 4.69) is 10.4 Å². The van der Waals surface area contributed by atoms with Crippen molar-refractivity contribution in [3.63, 3.8) is 0 Å². The first-order valence-electron chi connectivity index (χ1n) is 7.79. The molecule has 6 nitrogen and oxygen atoms in total. The lowest BCUT2D eigenvalue weighted by atomic mass is 10.0. The maximum atomic E-state index is 12.1. The van der Waals surface area contributed by atoms with Crippen LogP contribution in [0.2, 0.25) is 0 Å². The lowest BCUT2D eigenvalue weighted by Crippen LogP contribution is -2.20. The number of benzene rings is 1. The molecule has 24 heavy (non-hydrogen) atoms. The van der Waals surface area contributed by atoms with Crippen LogP contribution in [0, 0.1) is 6.92 Å². The molecule has 0 saturated carbocycles. The van der Waals surface area contributed by atoms with Gasteiger partial charge in [-0.2, -0.15) is 5.10 Å². The summed E-state index contributed by atoms with van der Waals surface area (Å²) in [6, 6.07) is 10.0. The number of hydrogen-bond acceptors (Lipinski definition) is 5. The Morgan fingerprint density at radius 2 is 2.17 bits per heavy atom. The quantitative estimate of drug-likeness (QED) is 0.862. The molecule has 1 atom stereocenters. The van der Waals surface area contributed by atoms with Gasteiger partial charge in [0.15, 0.2) is 0 Å². The maximum absolute atomic E-state index is 12.1. The Balaban J connectivity index is 2.03. The van der Waals surface area contributed by atoms with Crippen LogP contribution in [0.5, 0.6) is 0 Å². The third-order valence-corrected chi connectivity index (χ3v) is 5.03. The smallest absolute Gasteiger partial charge is 0.327 e. The number of ether oxygens (including phenoxy) is 1. The van der Waals surface area contributed by atoms with Crippen LogP contribution < -0.4 is 5.32 Å². The van der Waals surface area contributed by atoms with Crippen molar-refractivity contribution in [3.05, 3.63) is 47.2 Å². The molecule has 7 heteroatoms. The molecule has 1 aliphatic rings. The highest BCUT2D eigenvalue weighted by atomic mass is 32.2. The average Bonchev–Trinajstić information content (AvgIpc) is 2.75. The summed E-state index contributed by atoms with van der Waals surface area (Å²) < 4.78 is 6.53. The van der Waals surface area contributed by atoms with Gasteiger partial charge in [0, 0.05) is 5.56 Å². The molecule has 2 heterocycles. The van der Waals surface area contributed by atoms with Crippen molar-refractivity contribution in [1.29, 1.82) is 0 Å². The topological polar surface area (TPSA) is 73.2 Å². The van der Waals surface area contributed by atoms with Gasteiger partial charge in [0.25, 0.3) is 0 Å². The zero-order chi connectivity index (χ0) is 17.1. The van der Waals surface area contributed by atoms with Gasteiger partial charge >= 0.3 is 5.97 Å². The van der Waals surface area contributed by atoms with Crippen LogP contribution in [0.1, 0.15) is 29.0 Å². The number of fused-ring (bicyclic) bond motifs is 1. The number of anilines is 1. The standard InChI is InChI=1S/C17H19N3O3S/c1-3-23-14(22)9-20-17-15(11(2)19-20)16(24-10-13(21)18-17)12-7-5-4-6-8-12/h4-8,16H,3,9-10H2,1-2H3,(H,18,21)/t16-/m0/s1. The average molecular weight is 345 g/mol. The van der Waals surface area contributed by atoms with Crippen LogP contribution in [-0.4, -0.2) is 34.0 Å². The minimum absolute atomic E-state index is 0.00362. The molecule has 0 fully saturated rings. The van der Waals surface area contributed by atoms with Gasteiger partial charge in [-0.15, -0.1) is 11.8 Å². The van der Waals surface area contributed by atoms with E-state index in [1.165, 1.54) is 4.68 Å². The molecule has 0 bridgehead atoms. The van der Waals surface area contributed by atoms with Crippen LogP contribution in [0.25, 0.3) is 0 Å². The molecule has 3 rings (SSSR count). The molecule has 0 aliphatic carbocycles. The van der Waals surface area contributed by atoms with E-state index < -0.39 is 0 Å². The number of nitrogens with one attached hydrogen (secondary N) is 1. The first-order valence-corrected chi connectivity index (χ1v) is 8.84. The van der Waals surface area contributed by atoms with Crippen LogP contribution in [0.15, 0.2) is 30.3 Å². The SMILES string of the molecule is CCOC(=O)Cn1nc(C)c2c1NC(=O)CS[C@H]2c1ccccc1. The number of esters is 1. The summed E-state index contributed by atoms with van der Waals surface area (Å²) in [5.74, 6) is 0.479. The van der Waals surface area contributed by atoms with Crippen LogP contribution in [0.3, 0.4) is 0 Å². The van der Waals surface area contributed by atoms with Gasteiger partial charge in [0.1, 0.15) is 12.4 Å². The summed E-state index contributed by atoms with van der Waals surface area (Å²) in [6.07, 6.45) is 0. The van der Waals surface area contributed by atoms with E-state index in [-0.39, 0.29) is 23.7 Å². The van der Waals surface area contributed by atoms with E-state index in [0.29, 0.717) is 18.2 Å². The molecule has 1 amide bonds. The monoisotopic (exact) mass is 345 g/mol. The largest absolute Gasteiger partial charge is 0.465 e. The fraction of sp³-hybridized carbons (Fsp3) is 0.353. The Kier molecular flexibility index (Phi) is 4.89. The normalized spacial score (nSPS) is 16.9. The Morgan fingerprint density at radius 3 is 2.88 bits per heavy atom. The number of aromatic nitrogens is 2. The second-order valence-corrected chi connectivity index (χ2v) is 6.55. The molecule has 0 saturated heterocycles. The van der Waals surface area contributed by atoms with Crippen LogP contribution in [-0.2, 0) is 20.9 Å². The van der Waals surface area contributed by atoms with Gasteiger partial charge in [0.2, 0.25) is 5.91 Å². The summed E-state index contributed by atoms with van der Waals surface area (Å²) in [5.41, 5.74) is 2.86. The van der Waals surface area contributed by atoms with Gasteiger partial charge in [-0.05, 0) is 19.4 Å². The summed E-state index contributed by atoms with van der Waals surface area (Å²) in [6.45, 7) is 3.96. The number of carbonyl (C=O) groups excluding carboxylic acids is 2. The number of thioether (sulfide) groups is 1. The van der Waals surface area contributed by atoms with E-state index >= 15 is 0 Å². The van der Waals surface area contributed by atoms with Crippen molar-refractivity contribution in [2.24, 2.45) is 0 Å². The number of carbonyl (C=O) groups is 2. The molecule has 1 aromatic carbocycles. The number of aryl methyl sites for hydroxylation is 1. The highest BCUT2D eigenvalue weighted by molar-refractivity contribution is 8.00. The summed E-state index contributed by atoms with van der Waals surface area (Å²) in [4.78, 5) is 23.9. The predicted octanol–water partition coefficient (Wildman–Crippen LogP) is 2.53. The van der Waals surface area contributed by atoms with E-state index in [0.717, 1.165) is 16.8 Å².